The third-order valence-electron chi connectivity index (χ3n) is 3.81. The number of carbonyl (C=O) groups excluding carboxylic acids is 1. The Bertz CT molecular complexity index is 427. The quantitative estimate of drug-likeness (QED) is 0.797. The molecule has 118 valence electrons. The second kappa shape index (κ2) is 8.78. The molecule has 1 aromatic carbocycles. The van der Waals surface area contributed by atoms with E-state index in [0.29, 0.717) is 0 Å². The van der Waals surface area contributed by atoms with Gasteiger partial charge in [0.25, 0.3) is 0 Å². The molecule has 1 unspecified atom stereocenters. The molecule has 0 fully saturated rings. The van der Waals surface area contributed by atoms with Gasteiger partial charge in [0.2, 0.25) is 5.91 Å². The molecule has 0 spiro atoms. The molecular weight excluding hydrogens is 267 g/mol. The number of nitrogens with zero attached hydrogens (tertiary/aromatic N) is 1. The van der Waals surface area contributed by atoms with Crippen LogP contribution >= 0.6 is 0 Å². The van der Waals surface area contributed by atoms with E-state index in [2.05, 4.69) is 10.2 Å². The van der Waals surface area contributed by atoms with Crippen LogP contribution < -0.4 is 5.32 Å². The summed E-state index contributed by atoms with van der Waals surface area (Å²) in [7, 11) is 4.01. The third kappa shape index (κ3) is 5.84. The number of benzene rings is 1. The van der Waals surface area contributed by atoms with Gasteiger partial charge in [-0.15, -0.1) is 0 Å². The second-order valence-electron chi connectivity index (χ2n) is 5.72. The molecule has 0 aromatic heterocycles. The van der Waals surface area contributed by atoms with Crippen LogP contribution in [0.4, 0.5) is 4.39 Å². The first-order valence-electron chi connectivity index (χ1n) is 7.68. The van der Waals surface area contributed by atoms with Gasteiger partial charge in [-0.2, -0.15) is 0 Å². The molecule has 1 rings (SSSR count). The Morgan fingerprint density at radius 1 is 1.19 bits per heavy atom. The standard InChI is InChI=1S/C17H27FN2O/c1-5-13(6-2)17(21)19-16(11-12-20(3)4)14-7-9-15(18)10-8-14/h7-10,13,16H,5-6,11-12H2,1-4H3,(H,19,21). The summed E-state index contributed by atoms with van der Waals surface area (Å²) >= 11 is 0. The number of amides is 1. The number of nitrogens with one attached hydrogen (secondary N) is 1. The van der Waals surface area contributed by atoms with E-state index in [-0.39, 0.29) is 23.7 Å². The minimum absolute atomic E-state index is 0.0484. The van der Waals surface area contributed by atoms with E-state index in [1.165, 1.54) is 12.1 Å². The minimum atomic E-state index is -0.253. The zero-order valence-electron chi connectivity index (χ0n) is 13.5. The van der Waals surface area contributed by atoms with Crippen molar-refractivity contribution in [1.29, 1.82) is 0 Å². The van der Waals surface area contributed by atoms with Crippen LogP contribution in [-0.4, -0.2) is 31.4 Å². The number of carbonyl (C=O) groups is 1. The largest absolute Gasteiger partial charge is 0.349 e. The Morgan fingerprint density at radius 3 is 2.24 bits per heavy atom. The summed E-state index contributed by atoms with van der Waals surface area (Å²) in [5.41, 5.74) is 0.956. The molecule has 4 heteroatoms. The Kier molecular flexibility index (Phi) is 7.37. The number of hydrogen-bond donors (Lipinski definition) is 1. The third-order valence-corrected chi connectivity index (χ3v) is 3.81. The highest BCUT2D eigenvalue weighted by atomic mass is 19.1. The van der Waals surface area contributed by atoms with E-state index in [0.717, 1.165) is 31.4 Å². The lowest BCUT2D eigenvalue weighted by molar-refractivity contribution is -0.126. The highest BCUT2D eigenvalue weighted by Crippen LogP contribution is 2.19. The van der Waals surface area contributed by atoms with Gasteiger partial charge in [0.1, 0.15) is 5.82 Å². The van der Waals surface area contributed by atoms with Crippen molar-refractivity contribution in [2.75, 3.05) is 20.6 Å². The zero-order valence-corrected chi connectivity index (χ0v) is 13.5. The number of hydrogen-bond acceptors (Lipinski definition) is 2. The van der Waals surface area contributed by atoms with Crippen molar-refractivity contribution in [3.8, 4) is 0 Å². The normalized spacial score (nSPS) is 12.7. The summed E-state index contributed by atoms with van der Waals surface area (Å²) in [6, 6.07) is 6.33. The fraction of sp³-hybridized carbons (Fsp3) is 0.588. The van der Waals surface area contributed by atoms with E-state index in [1.807, 2.05) is 27.9 Å². The fourth-order valence-corrected chi connectivity index (χ4v) is 2.35. The van der Waals surface area contributed by atoms with Crippen molar-refractivity contribution in [3.05, 3.63) is 35.6 Å². The molecule has 0 radical (unpaired) electrons. The summed E-state index contributed by atoms with van der Waals surface area (Å²) in [6.07, 6.45) is 2.49. The summed E-state index contributed by atoms with van der Waals surface area (Å²) in [6.45, 7) is 4.92. The van der Waals surface area contributed by atoms with Crippen LogP contribution in [0.5, 0.6) is 0 Å². The van der Waals surface area contributed by atoms with Gasteiger partial charge in [-0.3, -0.25) is 4.79 Å². The van der Waals surface area contributed by atoms with E-state index >= 15 is 0 Å². The van der Waals surface area contributed by atoms with Crippen LogP contribution in [0.3, 0.4) is 0 Å². The second-order valence-corrected chi connectivity index (χ2v) is 5.72. The molecule has 0 saturated carbocycles. The molecule has 1 atom stereocenters. The molecule has 0 aliphatic carbocycles. The van der Waals surface area contributed by atoms with E-state index < -0.39 is 0 Å². The highest BCUT2D eigenvalue weighted by molar-refractivity contribution is 5.79. The van der Waals surface area contributed by atoms with Crippen LogP contribution in [0.1, 0.15) is 44.7 Å². The minimum Gasteiger partial charge on any atom is -0.349 e. The maximum Gasteiger partial charge on any atom is 0.223 e. The first-order chi connectivity index (χ1) is 9.97. The molecule has 0 aliphatic rings. The fourth-order valence-electron chi connectivity index (χ4n) is 2.35. The Balaban J connectivity index is 2.81. The van der Waals surface area contributed by atoms with Gasteiger partial charge in [-0.05, 0) is 57.6 Å². The summed E-state index contributed by atoms with van der Waals surface area (Å²) in [5.74, 6) is -0.114. The van der Waals surface area contributed by atoms with Gasteiger partial charge in [0, 0.05) is 5.92 Å². The predicted molar refractivity (Wildman–Crippen MR) is 84.5 cm³/mol. The van der Waals surface area contributed by atoms with E-state index in [1.54, 1.807) is 12.1 Å². The van der Waals surface area contributed by atoms with Gasteiger partial charge in [0.05, 0.1) is 6.04 Å². The van der Waals surface area contributed by atoms with Crippen molar-refractivity contribution in [1.82, 2.24) is 10.2 Å². The molecular formula is C17H27FN2O. The van der Waals surface area contributed by atoms with Crippen molar-refractivity contribution in [2.24, 2.45) is 5.92 Å². The molecule has 1 amide bonds. The van der Waals surface area contributed by atoms with Gasteiger partial charge >= 0.3 is 0 Å². The molecule has 1 aromatic rings. The molecule has 0 aliphatic heterocycles. The van der Waals surface area contributed by atoms with Gasteiger partial charge in [-0.1, -0.05) is 26.0 Å². The molecule has 21 heavy (non-hydrogen) atoms. The Hall–Kier alpha value is -1.42. The average molecular weight is 294 g/mol. The first kappa shape index (κ1) is 17.6. The molecule has 0 heterocycles. The molecule has 3 nitrogen and oxygen atoms in total. The van der Waals surface area contributed by atoms with Crippen LogP contribution in [-0.2, 0) is 4.79 Å². The lowest BCUT2D eigenvalue weighted by Gasteiger charge is -2.23. The maximum absolute atomic E-state index is 13.1. The van der Waals surface area contributed by atoms with Gasteiger partial charge in [-0.25, -0.2) is 4.39 Å². The van der Waals surface area contributed by atoms with Gasteiger partial charge in [0.15, 0.2) is 0 Å². The lowest BCUT2D eigenvalue weighted by Crippen LogP contribution is -2.35. The van der Waals surface area contributed by atoms with Crippen LogP contribution in [0.25, 0.3) is 0 Å². The smallest absolute Gasteiger partial charge is 0.223 e. The van der Waals surface area contributed by atoms with Crippen molar-refractivity contribution >= 4 is 5.91 Å². The zero-order chi connectivity index (χ0) is 15.8. The topological polar surface area (TPSA) is 32.3 Å². The average Bonchev–Trinajstić information content (AvgIpc) is 2.45. The van der Waals surface area contributed by atoms with Crippen LogP contribution in [0, 0.1) is 11.7 Å². The molecule has 0 saturated heterocycles. The maximum atomic E-state index is 13.1. The van der Waals surface area contributed by atoms with E-state index in [9.17, 15) is 9.18 Å². The molecule has 0 bridgehead atoms. The molecule has 1 N–H and O–H groups in total. The van der Waals surface area contributed by atoms with Crippen molar-refractivity contribution in [2.45, 2.75) is 39.2 Å². The highest BCUT2D eigenvalue weighted by Gasteiger charge is 2.20. The SMILES string of the molecule is CCC(CC)C(=O)NC(CCN(C)C)c1ccc(F)cc1. The lowest BCUT2D eigenvalue weighted by atomic mass is 9.99. The van der Waals surface area contributed by atoms with Crippen LogP contribution in [0.2, 0.25) is 0 Å². The monoisotopic (exact) mass is 294 g/mol. The first-order valence-corrected chi connectivity index (χ1v) is 7.68. The predicted octanol–water partition coefficient (Wildman–Crippen LogP) is 3.37. The van der Waals surface area contributed by atoms with Crippen molar-refractivity contribution < 1.29 is 9.18 Å². The van der Waals surface area contributed by atoms with Crippen LogP contribution in [0.15, 0.2) is 24.3 Å². The van der Waals surface area contributed by atoms with Crippen molar-refractivity contribution in [3.63, 3.8) is 0 Å². The Morgan fingerprint density at radius 2 is 1.76 bits per heavy atom. The van der Waals surface area contributed by atoms with Gasteiger partial charge < -0.3 is 10.2 Å². The summed E-state index contributed by atoms with van der Waals surface area (Å²) in [5, 5.41) is 3.12. The summed E-state index contributed by atoms with van der Waals surface area (Å²) in [4.78, 5) is 14.4. The number of rotatable bonds is 8. The van der Waals surface area contributed by atoms with E-state index in [4.69, 9.17) is 0 Å². The number of halogens is 1. The Labute approximate surface area is 127 Å². The summed E-state index contributed by atoms with van der Waals surface area (Å²) < 4.78 is 13.1.